The molecule has 2 bridgehead atoms. The van der Waals surface area contributed by atoms with E-state index in [-0.39, 0.29) is 5.82 Å². The maximum Gasteiger partial charge on any atom is 0.170 e. The molecule has 2 unspecified atom stereocenters. The van der Waals surface area contributed by atoms with Crippen molar-refractivity contribution in [2.24, 2.45) is 0 Å². The molecule has 2 fully saturated rings. The number of aryl methyl sites for hydroxylation is 2. The molecule has 0 amide bonds. The molecule has 3 nitrogen and oxygen atoms in total. The lowest BCUT2D eigenvalue weighted by molar-refractivity contribution is 0.115. The molecule has 0 aromatic heterocycles. The molecule has 2 N–H and O–H groups in total. The van der Waals surface area contributed by atoms with Gasteiger partial charge >= 0.3 is 0 Å². The first-order chi connectivity index (χ1) is 13.5. The Bertz CT molecular complexity index is 837. The van der Waals surface area contributed by atoms with E-state index >= 15 is 0 Å². The largest absolute Gasteiger partial charge is 0.360 e. The Kier molecular flexibility index (Phi) is 5.65. The minimum Gasteiger partial charge on any atom is -0.360 e. The van der Waals surface area contributed by atoms with Crippen molar-refractivity contribution >= 4 is 23.0 Å². The highest BCUT2D eigenvalue weighted by atomic mass is 32.1. The van der Waals surface area contributed by atoms with Gasteiger partial charge in [-0.05, 0) is 92.7 Å². The Morgan fingerprint density at radius 3 is 2.36 bits per heavy atom. The summed E-state index contributed by atoms with van der Waals surface area (Å²) in [6, 6.07) is 14.8. The second-order valence-corrected chi connectivity index (χ2v) is 8.66. The van der Waals surface area contributed by atoms with Crippen LogP contribution in [0.5, 0.6) is 0 Å². The normalized spacial score (nSPS) is 24.2. The molecule has 0 saturated carbocycles. The van der Waals surface area contributed by atoms with Gasteiger partial charge in [0.25, 0.3) is 0 Å². The van der Waals surface area contributed by atoms with Gasteiger partial charge < -0.3 is 10.6 Å². The van der Waals surface area contributed by atoms with Gasteiger partial charge in [-0.3, -0.25) is 4.90 Å². The first-order valence-electron chi connectivity index (χ1n) is 10.1. The van der Waals surface area contributed by atoms with Gasteiger partial charge in [-0.1, -0.05) is 18.2 Å². The van der Waals surface area contributed by atoms with Crippen LogP contribution in [0, 0.1) is 19.7 Å². The van der Waals surface area contributed by atoms with Crippen LogP contribution in [-0.2, 0) is 6.54 Å². The molecule has 2 heterocycles. The highest BCUT2D eigenvalue weighted by molar-refractivity contribution is 7.80. The number of nitrogens with zero attached hydrogens (tertiary/aromatic N) is 1. The van der Waals surface area contributed by atoms with Crippen molar-refractivity contribution in [1.29, 1.82) is 0 Å². The van der Waals surface area contributed by atoms with E-state index in [9.17, 15) is 4.39 Å². The van der Waals surface area contributed by atoms with E-state index in [1.165, 1.54) is 29.5 Å². The molecule has 28 heavy (non-hydrogen) atoms. The summed E-state index contributed by atoms with van der Waals surface area (Å²) in [5.41, 5.74) is 4.78. The number of piperidine rings is 1. The van der Waals surface area contributed by atoms with Crippen molar-refractivity contribution in [3.8, 4) is 0 Å². The van der Waals surface area contributed by atoms with Crippen molar-refractivity contribution in [3.63, 3.8) is 0 Å². The van der Waals surface area contributed by atoms with Crippen LogP contribution in [0.1, 0.15) is 42.4 Å². The standard InChI is InChI=1S/C23H28FN3S/c1-15-3-8-19(11-16(15)2)25-23(28)26-20-12-21-9-10-22(13-20)27(21)14-17-4-6-18(24)7-5-17/h3-8,11,20-22H,9-10,12-14H2,1-2H3,(H2,25,26,28). The number of halogens is 1. The van der Waals surface area contributed by atoms with Crippen LogP contribution in [0.4, 0.5) is 10.1 Å². The molecular weight excluding hydrogens is 369 g/mol. The molecule has 2 aromatic carbocycles. The van der Waals surface area contributed by atoms with Crippen molar-refractivity contribution in [2.75, 3.05) is 5.32 Å². The Hall–Kier alpha value is -1.98. The number of rotatable bonds is 4. The first kappa shape index (κ1) is 19.3. The molecule has 0 spiro atoms. The molecule has 2 aromatic rings. The number of nitrogens with one attached hydrogen (secondary N) is 2. The molecule has 0 aliphatic carbocycles. The summed E-state index contributed by atoms with van der Waals surface area (Å²) < 4.78 is 13.2. The smallest absolute Gasteiger partial charge is 0.170 e. The third-order valence-corrected chi connectivity index (χ3v) is 6.48. The lowest BCUT2D eigenvalue weighted by Crippen LogP contribution is -2.50. The number of fused-ring (bicyclic) bond motifs is 2. The van der Waals surface area contributed by atoms with E-state index in [4.69, 9.17) is 12.2 Å². The van der Waals surface area contributed by atoms with E-state index in [0.29, 0.717) is 23.2 Å². The molecular formula is C23H28FN3S. The third kappa shape index (κ3) is 4.36. The fourth-order valence-electron chi connectivity index (χ4n) is 4.62. The topological polar surface area (TPSA) is 27.3 Å². The zero-order valence-corrected chi connectivity index (χ0v) is 17.4. The van der Waals surface area contributed by atoms with Crippen LogP contribution in [0.2, 0.25) is 0 Å². The van der Waals surface area contributed by atoms with Gasteiger partial charge in [-0.2, -0.15) is 0 Å². The molecule has 2 atom stereocenters. The molecule has 4 rings (SSSR count). The van der Waals surface area contributed by atoms with Gasteiger partial charge in [0.2, 0.25) is 0 Å². The van der Waals surface area contributed by atoms with Crippen molar-refractivity contribution in [1.82, 2.24) is 10.2 Å². The minimum atomic E-state index is -0.167. The second-order valence-electron chi connectivity index (χ2n) is 8.25. The van der Waals surface area contributed by atoms with E-state index in [0.717, 1.165) is 25.1 Å². The number of anilines is 1. The van der Waals surface area contributed by atoms with Crippen LogP contribution in [0.3, 0.4) is 0 Å². The molecule has 2 aliphatic rings. The van der Waals surface area contributed by atoms with E-state index in [1.807, 2.05) is 12.1 Å². The van der Waals surface area contributed by atoms with Gasteiger partial charge in [0.1, 0.15) is 5.82 Å². The average molecular weight is 398 g/mol. The maximum absolute atomic E-state index is 13.2. The van der Waals surface area contributed by atoms with Gasteiger partial charge in [0.15, 0.2) is 5.11 Å². The predicted octanol–water partition coefficient (Wildman–Crippen LogP) is 4.92. The van der Waals surface area contributed by atoms with Gasteiger partial charge in [0, 0.05) is 30.4 Å². The maximum atomic E-state index is 13.2. The monoisotopic (exact) mass is 397 g/mol. The summed E-state index contributed by atoms with van der Waals surface area (Å²) in [6.45, 7) is 5.14. The number of hydrogen-bond donors (Lipinski definition) is 2. The Morgan fingerprint density at radius 2 is 1.71 bits per heavy atom. The average Bonchev–Trinajstić information content (AvgIpc) is 2.88. The Labute approximate surface area is 172 Å². The Morgan fingerprint density at radius 1 is 1.04 bits per heavy atom. The summed E-state index contributed by atoms with van der Waals surface area (Å²) in [4.78, 5) is 2.60. The lowest BCUT2D eigenvalue weighted by atomic mass is 9.96. The van der Waals surface area contributed by atoms with Crippen LogP contribution in [0.25, 0.3) is 0 Å². The summed E-state index contributed by atoms with van der Waals surface area (Å²) in [6.07, 6.45) is 4.68. The summed E-state index contributed by atoms with van der Waals surface area (Å²) >= 11 is 5.57. The summed E-state index contributed by atoms with van der Waals surface area (Å²) in [5.74, 6) is -0.167. The van der Waals surface area contributed by atoms with E-state index in [2.05, 4.69) is 47.6 Å². The zero-order chi connectivity index (χ0) is 19.7. The summed E-state index contributed by atoms with van der Waals surface area (Å²) in [7, 11) is 0. The third-order valence-electron chi connectivity index (χ3n) is 6.26. The van der Waals surface area contributed by atoms with E-state index < -0.39 is 0 Å². The quantitative estimate of drug-likeness (QED) is 0.716. The van der Waals surface area contributed by atoms with Crippen molar-refractivity contribution in [3.05, 3.63) is 65.0 Å². The van der Waals surface area contributed by atoms with E-state index in [1.54, 1.807) is 12.1 Å². The van der Waals surface area contributed by atoms with Gasteiger partial charge in [0.05, 0.1) is 0 Å². The van der Waals surface area contributed by atoms with Crippen LogP contribution >= 0.6 is 12.2 Å². The molecule has 148 valence electrons. The number of hydrogen-bond acceptors (Lipinski definition) is 2. The molecule has 2 aliphatic heterocycles. The molecule has 2 saturated heterocycles. The van der Waals surface area contributed by atoms with Crippen LogP contribution < -0.4 is 10.6 Å². The Balaban J connectivity index is 1.33. The number of thiocarbonyl (C=S) groups is 1. The fourth-order valence-corrected chi connectivity index (χ4v) is 4.91. The highest BCUT2D eigenvalue weighted by Crippen LogP contribution is 2.37. The SMILES string of the molecule is Cc1ccc(NC(=S)NC2CC3CCC(C2)N3Cc2ccc(F)cc2)cc1C. The predicted molar refractivity (Wildman–Crippen MR) is 117 cm³/mol. The fraction of sp³-hybridized carbons (Fsp3) is 0.435. The zero-order valence-electron chi connectivity index (χ0n) is 16.5. The van der Waals surface area contributed by atoms with Crippen LogP contribution in [-0.4, -0.2) is 28.1 Å². The van der Waals surface area contributed by atoms with Crippen molar-refractivity contribution in [2.45, 2.75) is 64.2 Å². The number of benzene rings is 2. The first-order valence-corrected chi connectivity index (χ1v) is 10.5. The minimum absolute atomic E-state index is 0.167. The second kappa shape index (κ2) is 8.18. The van der Waals surface area contributed by atoms with Crippen LogP contribution in [0.15, 0.2) is 42.5 Å². The van der Waals surface area contributed by atoms with Gasteiger partial charge in [-0.25, -0.2) is 4.39 Å². The van der Waals surface area contributed by atoms with Crippen molar-refractivity contribution < 1.29 is 4.39 Å². The molecule has 5 heteroatoms. The summed E-state index contributed by atoms with van der Waals surface area (Å²) in [5, 5.41) is 7.58. The lowest BCUT2D eigenvalue weighted by Gasteiger charge is -2.39. The molecule has 0 radical (unpaired) electrons. The highest BCUT2D eigenvalue weighted by Gasteiger charge is 2.40. The van der Waals surface area contributed by atoms with Gasteiger partial charge in [-0.15, -0.1) is 0 Å².